The molecule has 0 aliphatic rings. The molecular weight excluding hydrogens is 362 g/mol. The molecule has 0 saturated carbocycles. The average molecular weight is 379 g/mol. The maximum Gasteiger partial charge on any atom is 0.266 e. The quantitative estimate of drug-likeness (QED) is 0.570. The fraction of sp³-hybridized carbons (Fsp3) is 0.158. The van der Waals surface area contributed by atoms with E-state index in [0.717, 1.165) is 5.56 Å². The lowest BCUT2D eigenvalue weighted by Crippen LogP contribution is -2.13. The van der Waals surface area contributed by atoms with E-state index < -0.39 is 0 Å². The van der Waals surface area contributed by atoms with Gasteiger partial charge in [-0.3, -0.25) is 14.3 Å². The molecule has 3 aromatic heterocycles. The molecule has 0 bridgehead atoms. The number of anilines is 1. The van der Waals surface area contributed by atoms with Crippen molar-refractivity contribution in [3.05, 3.63) is 74.9 Å². The number of amides is 1. The molecule has 4 aromatic rings. The molecule has 0 aliphatic carbocycles. The minimum absolute atomic E-state index is 0.222. The van der Waals surface area contributed by atoms with Gasteiger partial charge in [-0.1, -0.05) is 30.3 Å². The molecule has 7 nitrogen and oxygen atoms in total. The lowest BCUT2D eigenvalue weighted by molar-refractivity contribution is 0.103. The summed E-state index contributed by atoms with van der Waals surface area (Å²) in [5.74, 6) is 0.312. The Labute approximate surface area is 158 Å². The summed E-state index contributed by atoms with van der Waals surface area (Å²) in [6.07, 6.45) is 3.81. The van der Waals surface area contributed by atoms with E-state index in [4.69, 9.17) is 0 Å². The van der Waals surface area contributed by atoms with E-state index in [1.54, 1.807) is 31.0 Å². The smallest absolute Gasteiger partial charge is 0.266 e. The van der Waals surface area contributed by atoms with E-state index in [9.17, 15) is 9.59 Å². The molecule has 3 heterocycles. The van der Waals surface area contributed by atoms with Crippen LogP contribution in [0.4, 0.5) is 5.69 Å². The van der Waals surface area contributed by atoms with E-state index in [-0.39, 0.29) is 11.5 Å². The maximum atomic E-state index is 12.6. The first-order chi connectivity index (χ1) is 13.0. The number of nitrogens with one attached hydrogen (secondary N) is 2. The van der Waals surface area contributed by atoms with Crippen molar-refractivity contribution in [3.8, 4) is 0 Å². The number of carbonyl (C=O) groups excluding carboxylic acids is 1. The molecule has 0 saturated heterocycles. The highest BCUT2D eigenvalue weighted by Crippen LogP contribution is 2.28. The molecule has 2 N–H and O–H groups in total. The standard InChI is InChI=1S/C19H17N5O2S/c1-11-15-17(25)22-14(8-12-6-4-3-5-7-12)23-19(15)27-16(11)18(26)21-13-9-20-24(2)10-13/h3-7,9-10H,8H2,1-2H3,(H,21,26)(H,22,23,25). The molecule has 4 rings (SSSR count). The summed E-state index contributed by atoms with van der Waals surface area (Å²) < 4.78 is 1.61. The first-order valence-corrected chi connectivity index (χ1v) is 9.19. The highest BCUT2D eigenvalue weighted by Gasteiger charge is 2.20. The van der Waals surface area contributed by atoms with Crippen molar-refractivity contribution < 1.29 is 4.79 Å². The van der Waals surface area contributed by atoms with Gasteiger partial charge in [-0.2, -0.15) is 5.10 Å². The fourth-order valence-electron chi connectivity index (χ4n) is 2.95. The Morgan fingerprint density at radius 2 is 2.07 bits per heavy atom. The number of H-pyrrole nitrogens is 1. The topological polar surface area (TPSA) is 92.7 Å². The Kier molecular flexibility index (Phi) is 4.33. The van der Waals surface area contributed by atoms with Gasteiger partial charge in [0.2, 0.25) is 0 Å². The molecule has 1 aromatic carbocycles. The van der Waals surface area contributed by atoms with Crippen molar-refractivity contribution in [2.24, 2.45) is 7.05 Å². The highest BCUT2D eigenvalue weighted by atomic mass is 32.1. The molecule has 1 amide bonds. The number of nitrogens with zero attached hydrogens (tertiary/aromatic N) is 3. The number of hydrogen-bond donors (Lipinski definition) is 2. The molecule has 0 atom stereocenters. The Hall–Kier alpha value is -3.26. The molecule has 0 spiro atoms. The predicted octanol–water partition coefficient (Wildman–Crippen LogP) is 2.87. The molecule has 0 radical (unpaired) electrons. The van der Waals surface area contributed by atoms with E-state index in [0.29, 0.717) is 38.6 Å². The van der Waals surface area contributed by atoms with Crippen LogP contribution in [0.15, 0.2) is 47.5 Å². The normalized spacial score (nSPS) is 11.0. The van der Waals surface area contributed by atoms with Crippen molar-refractivity contribution in [1.82, 2.24) is 19.7 Å². The lowest BCUT2D eigenvalue weighted by atomic mass is 10.1. The van der Waals surface area contributed by atoms with Gasteiger partial charge < -0.3 is 10.3 Å². The van der Waals surface area contributed by atoms with Crippen LogP contribution in [0.5, 0.6) is 0 Å². The molecule has 0 aliphatic heterocycles. The minimum Gasteiger partial charge on any atom is -0.319 e. The van der Waals surface area contributed by atoms with Crippen LogP contribution >= 0.6 is 11.3 Å². The van der Waals surface area contributed by atoms with Gasteiger partial charge in [0.15, 0.2) is 0 Å². The van der Waals surface area contributed by atoms with Crippen molar-refractivity contribution >= 4 is 33.1 Å². The van der Waals surface area contributed by atoms with Crippen LogP contribution in [0.25, 0.3) is 10.2 Å². The number of aryl methyl sites for hydroxylation is 2. The van der Waals surface area contributed by atoms with Crippen LogP contribution in [0.1, 0.15) is 26.6 Å². The zero-order valence-electron chi connectivity index (χ0n) is 14.8. The van der Waals surface area contributed by atoms with Gasteiger partial charge in [0.1, 0.15) is 10.7 Å². The molecule has 0 fully saturated rings. The van der Waals surface area contributed by atoms with Crippen LogP contribution in [0.2, 0.25) is 0 Å². The SMILES string of the molecule is Cc1c(C(=O)Nc2cnn(C)c2)sc2nc(Cc3ccccc3)[nH]c(=O)c12. The number of aromatic nitrogens is 4. The summed E-state index contributed by atoms with van der Waals surface area (Å²) in [5, 5.41) is 7.30. The van der Waals surface area contributed by atoms with Crippen molar-refractivity contribution in [2.75, 3.05) is 5.32 Å². The van der Waals surface area contributed by atoms with Crippen molar-refractivity contribution in [2.45, 2.75) is 13.3 Å². The van der Waals surface area contributed by atoms with Crippen LogP contribution in [-0.4, -0.2) is 25.7 Å². The zero-order chi connectivity index (χ0) is 19.0. The largest absolute Gasteiger partial charge is 0.319 e. The van der Waals surface area contributed by atoms with Gasteiger partial charge in [0.05, 0.1) is 22.1 Å². The van der Waals surface area contributed by atoms with Crippen molar-refractivity contribution in [3.63, 3.8) is 0 Å². The van der Waals surface area contributed by atoms with Gasteiger partial charge in [-0.15, -0.1) is 11.3 Å². The minimum atomic E-state index is -0.271. The second kappa shape index (κ2) is 6.81. The third kappa shape index (κ3) is 3.39. The van der Waals surface area contributed by atoms with Gasteiger partial charge in [-0.25, -0.2) is 4.98 Å². The summed E-state index contributed by atoms with van der Waals surface area (Å²) in [5.41, 5.74) is 2.07. The van der Waals surface area contributed by atoms with E-state index in [1.165, 1.54) is 11.3 Å². The number of rotatable bonds is 4. The van der Waals surface area contributed by atoms with Gasteiger partial charge >= 0.3 is 0 Å². The molecule has 136 valence electrons. The van der Waals surface area contributed by atoms with Crippen LogP contribution in [0, 0.1) is 6.92 Å². The van der Waals surface area contributed by atoms with E-state index in [1.807, 2.05) is 30.3 Å². The second-order valence-corrected chi connectivity index (χ2v) is 7.27. The first-order valence-electron chi connectivity index (χ1n) is 8.37. The van der Waals surface area contributed by atoms with Gasteiger partial charge in [0.25, 0.3) is 11.5 Å². The van der Waals surface area contributed by atoms with Gasteiger partial charge in [-0.05, 0) is 18.1 Å². The summed E-state index contributed by atoms with van der Waals surface area (Å²) in [7, 11) is 1.78. The average Bonchev–Trinajstić information content (AvgIpc) is 3.19. The Bertz CT molecular complexity index is 1190. The summed E-state index contributed by atoms with van der Waals surface area (Å²) in [4.78, 5) is 33.7. The first kappa shape index (κ1) is 17.2. The third-order valence-electron chi connectivity index (χ3n) is 4.23. The Balaban J connectivity index is 1.69. The number of thiophene rings is 1. The zero-order valence-corrected chi connectivity index (χ0v) is 15.6. The second-order valence-electron chi connectivity index (χ2n) is 6.27. The number of benzene rings is 1. The summed E-state index contributed by atoms with van der Waals surface area (Å²) in [6.45, 7) is 1.77. The molecule has 0 unspecified atom stereocenters. The van der Waals surface area contributed by atoms with Crippen LogP contribution < -0.4 is 10.9 Å². The Morgan fingerprint density at radius 3 is 2.78 bits per heavy atom. The summed E-state index contributed by atoms with van der Waals surface area (Å²) >= 11 is 1.23. The van der Waals surface area contributed by atoms with Crippen LogP contribution in [0.3, 0.4) is 0 Å². The van der Waals surface area contributed by atoms with Crippen molar-refractivity contribution in [1.29, 1.82) is 0 Å². The number of fused-ring (bicyclic) bond motifs is 1. The van der Waals surface area contributed by atoms with Gasteiger partial charge in [0, 0.05) is 19.7 Å². The fourth-order valence-corrected chi connectivity index (χ4v) is 4.05. The number of carbonyl (C=O) groups is 1. The highest BCUT2D eigenvalue weighted by molar-refractivity contribution is 7.20. The number of aromatic amines is 1. The molecular formula is C19H17N5O2S. The molecule has 8 heteroatoms. The monoisotopic (exact) mass is 379 g/mol. The summed E-state index contributed by atoms with van der Waals surface area (Å²) in [6, 6.07) is 9.80. The maximum absolute atomic E-state index is 12.6. The Morgan fingerprint density at radius 1 is 1.30 bits per heavy atom. The molecule has 27 heavy (non-hydrogen) atoms. The van der Waals surface area contributed by atoms with E-state index in [2.05, 4.69) is 20.4 Å². The number of hydrogen-bond acceptors (Lipinski definition) is 5. The van der Waals surface area contributed by atoms with E-state index >= 15 is 0 Å². The predicted molar refractivity (Wildman–Crippen MR) is 105 cm³/mol. The van der Waals surface area contributed by atoms with Crippen LogP contribution in [-0.2, 0) is 13.5 Å². The lowest BCUT2D eigenvalue weighted by Gasteiger charge is -2.01. The third-order valence-corrected chi connectivity index (χ3v) is 5.42.